The van der Waals surface area contributed by atoms with Crippen molar-refractivity contribution in [2.45, 2.75) is 64.2 Å². The third kappa shape index (κ3) is 14.7. The quantitative estimate of drug-likeness (QED) is 0.206. The summed E-state index contributed by atoms with van der Waals surface area (Å²) in [7, 11) is 6.85. The smallest absolute Gasteiger partial charge is 0.0873 e. The predicted molar refractivity (Wildman–Crippen MR) is 110 cm³/mol. The molecular weight excluding hydrogens is 306 g/mol. The van der Waals surface area contributed by atoms with E-state index in [1.807, 2.05) is 30.5 Å². The molecule has 0 atom stereocenters. The van der Waals surface area contributed by atoms with Crippen LogP contribution in [0, 0.1) is 0 Å². The summed E-state index contributed by atoms with van der Waals surface area (Å²) in [5, 5.41) is 0. The van der Waals surface area contributed by atoms with Crippen LogP contribution in [0.25, 0.3) is 6.08 Å². The first kappa shape index (κ1) is 21.8. The van der Waals surface area contributed by atoms with Crippen molar-refractivity contribution in [1.29, 1.82) is 0 Å². The summed E-state index contributed by atoms with van der Waals surface area (Å²) in [6.07, 6.45) is 17.5. The number of nitrogens with zero attached hydrogens (tertiary/aromatic N) is 1. The van der Waals surface area contributed by atoms with Gasteiger partial charge < -0.3 is 9.22 Å². The highest BCUT2D eigenvalue weighted by atomic mass is 16.5. The van der Waals surface area contributed by atoms with Gasteiger partial charge in [0.05, 0.1) is 40.6 Å². The highest BCUT2D eigenvalue weighted by Gasteiger charge is 2.04. The molecule has 142 valence electrons. The summed E-state index contributed by atoms with van der Waals surface area (Å²) in [5.41, 5.74) is 1.19. The number of hydrogen-bond acceptors (Lipinski definition) is 1. The lowest BCUT2D eigenvalue weighted by Gasteiger charge is -2.23. The van der Waals surface area contributed by atoms with Crippen LogP contribution in [0.2, 0.25) is 0 Å². The summed E-state index contributed by atoms with van der Waals surface area (Å²) < 4.78 is 6.67. The zero-order valence-electron chi connectivity index (χ0n) is 16.9. The molecule has 0 spiro atoms. The molecule has 1 rings (SSSR count). The van der Waals surface area contributed by atoms with Gasteiger partial charge in [-0.3, -0.25) is 0 Å². The maximum absolute atomic E-state index is 5.56. The van der Waals surface area contributed by atoms with Gasteiger partial charge in [-0.1, -0.05) is 75.3 Å². The maximum atomic E-state index is 5.56. The van der Waals surface area contributed by atoms with Crippen molar-refractivity contribution in [3.63, 3.8) is 0 Å². The molecule has 0 fully saturated rings. The average Bonchev–Trinajstić information content (AvgIpc) is 2.58. The second kappa shape index (κ2) is 13.9. The molecule has 1 aromatic carbocycles. The van der Waals surface area contributed by atoms with Crippen LogP contribution in [0.5, 0.6) is 0 Å². The largest absolute Gasteiger partial charge is 0.501 e. The van der Waals surface area contributed by atoms with Crippen molar-refractivity contribution in [1.82, 2.24) is 0 Å². The standard InChI is InChI=1S/C23H40NO/c1-24(2,3)20-15-10-8-6-4-5-7-9-11-16-21-25-22-19-23-17-13-12-14-18-23/h12-14,17-19,22H,4-11,15-16,20-21H2,1-3H3/q+1. The lowest BCUT2D eigenvalue weighted by molar-refractivity contribution is -0.870. The minimum absolute atomic E-state index is 0.843. The molecule has 0 bridgehead atoms. The third-order valence-electron chi connectivity index (χ3n) is 4.50. The Morgan fingerprint density at radius 2 is 1.24 bits per heavy atom. The number of ether oxygens (including phenoxy) is 1. The van der Waals surface area contributed by atoms with Crippen molar-refractivity contribution in [2.24, 2.45) is 0 Å². The molecule has 2 heteroatoms. The molecule has 0 unspecified atom stereocenters. The van der Waals surface area contributed by atoms with Crippen LogP contribution >= 0.6 is 0 Å². The monoisotopic (exact) mass is 346 g/mol. The molecule has 2 nitrogen and oxygen atoms in total. The second-order valence-electron chi connectivity index (χ2n) is 8.13. The van der Waals surface area contributed by atoms with Gasteiger partial charge in [0, 0.05) is 0 Å². The van der Waals surface area contributed by atoms with Crippen molar-refractivity contribution in [2.75, 3.05) is 34.3 Å². The fourth-order valence-electron chi connectivity index (χ4n) is 2.94. The molecule has 1 aromatic rings. The van der Waals surface area contributed by atoms with E-state index in [-0.39, 0.29) is 0 Å². The molecule has 0 aliphatic rings. The first-order valence-electron chi connectivity index (χ1n) is 10.2. The first-order chi connectivity index (χ1) is 12.1. The lowest BCUT2D eigenvalue weighted by atomic mass is 10.1. The number of unbranched alkanes of at least 4 members (excludes halogenated alkanes) is 9. The Hall–Kier alpha value is -1.28. The van der Waals surface area contributed by atoms with Crippen LogP contribution in [-0.4, -0.2) is 38.8 Å². The molecular formula is C23H40NO+. The van der Waals surface area contributed by atoms with Gasteiger partial charge in [-0.2, -0.15) is 0 Å². The Labute approximate surface area is 156 Å². The summed E-state index contributed by atoms with van der Waals surface area (Å²) >= 11 is 0. The molecule has 0 saturated heterocycles. The van der Waals surface area contributed by atoms with Crippen LogP contribution < -0.4 is 0 Å². The highest BCUT2D eigenvalue weighted by Crippen LogP contribution is 2.11. The third-order valence-corrected chi connectivity index (χ3v) is 4.50. The minimum Gasteiger partial charge on any atom is -0.501 e. The number of hydrogen-bond donors (Lipinski definition) is 0. The SMILES string of the molecule is C[N+](C)(C)CCCCCCCCCCCCOC=Cc1ccccc1. The lowest BCUT2D eigenvalue weighted by Crippen LogP contribution is -2.35. The molecule has 0 aliphatic carbocycles. The van der Waals surface area contributed by atoms with E-state index in [9.17, 15) is 0 Å². The Morgan fingerprint density at radius 3 is 1.80 bits per heavy atom. The van der Waals surface area contributed by atoms with E-state index in [1.54, 1.807) is 0 Å². The first-order valence-corrected chi connectivity index (χ1v) is 10.2. The zero-order chi connectivity index (χ0) is 18.2. The Kier molecular flexibility index (Phi) is 12.1. The molecule has 0 N–H and O–H groups in total. The van der Waals surface area contributed by atoms with Crippen LogP contribution in [0.15, 0.2) is 36.6 Å². The molecule has 0 radical (unpaired) electrons. The van der Waals surface area contributed by atoms with Gasteiger partial charge in [0.2, 0.25) is 0 Å². The van der Waals surface area contributed by atoms with Gasteiger partial charge in [0.15, 0.2) is 0 Å². The van der Waals surface area contributed by atoms with Gasteiger partial charge in [-0.05, 0) is 30.9 Å². The summed E-state index contributed by atoms with van der Waals surface area (Å²) in [6.45, 7) is 2.15. The highest BCUT2D eigenvalue weighted by molar-refractivity contribution is 5.47. The van der Waals surface area contributed by atoms with Crippen LogP contribution in [-0.2, 0) is 4.74 Å². The molecule has 0 saturated carbocycles. The van der Waals surface area contributed by atoms with E-state index in [4.69, 9.17) is 4.74 Å². The number of benzene rings is 1. The summed E-state index contributed by atoms with van der Waals surface area (Å²) in [5.74, 6) is 0. The van der Waals surface area contributed by atoms with Crippen molar-refractivity contribution >= 4 is 6.08 Å². The van der Waals surface area contributed by atoms with Crippen LogP contribution in [0.1, 0.15) is 69.8 Å². The van der Waals surface area contributed by atoms with Gasteiger partial charge in [0.1, 0.15) is 0 Å². The van der Waals surface area contributed by atoms with E-state index in [0.29, 0.717) is 0 Å². The van der Waals surface area contributed by atoms with Gasteiger partial charge in [-0.15, -0.1) is 0 Å². The van der Waals surface area contributed by atoms with Crippen LogP contribution in [0.4, 0.5) is 0 Å². The normalized spacial score (nSPS) is 12.0. The van der Waals surface area contributed by atoms with Gasteiger partial charge >= 0.3 is 0 Å². The van der Waals surface area contributed by atoms with E-state index >= 15 is 0 Å². The Bertz CT molecular complexity index is 433. The second-order valence-corrected chi connectivity index (χ2v) is 8.13. The molecule has 25 heavy (non-hydrogen) atoms. The van der Waals surface area contributed by atoms with E-state index in [0.717, 1.165) is 11.1 Å². The molecule has 0 amide bonds. The minimum atomic E-state index is 0.843. The summed E-state index contributed by atoms with van der Waals surface area (Å²) in [6, 6.07) is 10.3. The number of quaternary nitrogens is 1. The Morgan fingerprint density at radius 1 is 0.720 bits per heavy atom. The van der Waals surface area contributed by atoms with Gasteiger partial charge in [0.25, 0.3) is 0 Å². The van der Waals surface area contributed by atoms with E-state index in [2.05, 4.69) is 33.3 Å². The van der Waals surface area contributed by atoms with E-state index < -0.39 is 0 Å². The van der Waals surface area contributed by atoms with E-state index in [1.165, 1.54) is 76.3 Å². The van der Waals surface area contributed by atoms with Crippen LogP contribution in [0.3, 0.4) is 0 Å². The fourth-order valence-corrected chi connectivity index (χ4v) is 2.94. The van der Waals surface area contributed by atoms with Crippen molar-refractivity contribution in [3.05, 3.63) is 42.2 Å². The van der Waals surface area contributed by atoms with Crippen molar-refractivity contribution in [3.8, 4) is 0 Å². The molecule has 0 aromatic heterocycles. The Balaban J connectivity index is 1.78. The summed E-state index contributed by atoms with van der Waals surface area (Å²) in [4.78, 5) is 0. The van der Waals surface area contributed by atoms with Crippen molar-refractivity contribution < 1.29 is 9.22 Å². The average molecular weight is 347 g/mol. The molecule has 0 heterocycles. The molecule has 0 aliphatic heterocycles. The topological polar surface area (TPSA) is 9.23 Å². The predicted octanol–water partition coefficient (Wildman–Crippen LogP) is 6.28. The maximum Gasteiger partial charge on any atom is 0.0873 e. The fraction of sp³-hybridized carbons (Fsp3) is 0.652. The van der Waals surface area contributed by atoms with Gasteiger partial charge in [-0.25, -0.2) is 0 Å². The number of rotatable bonds is 15. The zero-order valence-corrected chi connectivity index (χ0v) is 16.9.